The first-order chi connectivity index (χ1) is 12.6. The van der Waals surface area contributed by atoms with E-state index in [2.05, 4.69) is 0 Å². The zero-order chi connectivity index (χ0) is 18.5. The maximum Gasteiger partial charge on any atom is 0.260 e. The molecule has 3 rings (SSSR count). The lowest BCUT2D eigenvalue weighted by molar-refractivity contribution is -0.133. The third-order valence-electron chi connectivity index (χ3n) is 4.29. The van der Waals surface area contributed by atoms with Gasteiger partial charge in [-0.05, 0) is 49.7 Å². The van der Waals surface area contributed by atoms with Crippen LogP contribution in [-0.2, 0) is 16.1 Å². The van der Waals surface area contributed by atoms with E-state index >= 15 is 0 Å². The molecule has 0 radical (unpaired) electrons. The first-order valence-corrected chi connectivity index (χ1v) is 9.81. The van der Waals surface area contributed by atoms with E-state index in [0.717, 1.165) is 27.9 Å². The van der Waals surface area contributed by atoms with Gasteiger partial charge in [0.2, 0.25) is 5.91 Å². The van der Waals surface area contributed by atoms with Crippen molar-refractivity contribution in [2.45, 2.75) is 26.3 Å². The summed E-state index contributed by atoms with van der Waals surface area (Å²) in [7, 11) is 0. The van der Waals surface area contributed by atoms with Gasteiger partial charge in [0.05, 0.1) is 10.9 Å². The molecule has 0 bridgehead atoms. The number of ether oxygens (including phenoxy) is 1. The molecule has 0 N–H and O–H groups in total. The van der Waals surface area contributed by atoms with Crippen LogP contribution in [0.25, 0.3) is 0 Å². The second-order valence-electron chi connectivity index (χ2n) is 6.05. The van der Waals surface area contributed by atoms with Crippen molar-refractivity contribution in [1.82, 2.24) is 4.90 Å². The molecular weight excluding hydrogens is 372 g/mol. The Labute approximate surface area is 162 Å². The number of carbonyl (C=O) groups is 2. The van der Waals surface area contributed by atoms with Crippen molar-refractivity contribution < 1.29 is 14.3 Å². The Morgan fingerprint density at radius 1 is 1.27 bits per heavy atom. The van der Waals surface area contributed by atoms with Gasteiger partial charge in [-0.15, -0.1) is 11.3 Å². The van der Waals surface area contributed by atoms with Crippen LogP contribution in [0.3, 0.4) is 0 Å². The maximum atomic E-state index is 12.4. The predicted octanol–water partition coefficient (Wildman–Crippen LogP) is 3.96. The molecule has 0 saturated carbocycles. The standard InChI is InChI=1S/C19H21ClN2O3S/c1-2-21(12-16-9-10-17(20)26-16)19(24)13-25-15-7-5-14(6-8-15)22-11-3-4-18(22)23/h5-10H,2-4,11-13H2,1H3. The molecule has 0 unspecified atom stereocenters. The summed E-state index contributed by atoms with van der Waals surface area (Å²) in [4.78, 5) is 28.7. The van der Waals surface area contributed by atoms with Gasteiger partial charge in [0.15, 0.2) is 6.61 Å². The Kier molecular flexibility index (Phi) is 6.16. The Morgan fingerprint density at radius 2 is 2.04 bits per heavy atom. The van der Waals surface area contributed by atoms with E-state index in [1.165, 1.54) is 11.3 Å². The molecular formula is C19H21ClN2O3S. The summed E-state index contributed by atoms with van der Waals surface area (Å²) in [6, 6.07) is 11.1. The molecule has 1 aliphatic heterocycles. The quantitative estimate of drug-likeness (QED) is 0.716. The highest BCUT2D eigenvalue weighted by atomic mass is 35.5. The predicted molar refractivity (Wildman–Crippen MR) is 104 cm³/mol. The van der Waals surface area contributed by atoms with Gasteiger partial charge in [-0.2, -0.15) is 0 Å². The highest BCUT2D eigenvalue weighted by Crippen LogP contribution is 2.24. The number of nitrogens with zero attached hydrogens (tertiary/aromatic N) is 2. The zero-order valence-corrected chi connectivity index (χ0v) is 16.2. The fourth-order valence-electron chi connectivity index (χ4n) is 2.88. The number of hydrogen-bond acceptors (Lipinski definition) is 4. The van der Waals surface area contributed by atoms with E-state index in [1.54, 1.807) is 21.9 Å². The summed E-state index contributed by atoms with van der Waals surface area (Å²) in [5.74, 6) is 0.695. The monoisotopic (exact) mass is 392 g/mol. The fraction of sp³-hybridized carbons (Fsp3) is 0.368. The number of thiophene rings is 1. The molecule has 2 aromatic rings. The maximum absolute atomic E-state index is 12.4. The molecule has 138 valence electrons. The minimum atomic E-state index is -0.0733. The van der Waals surface area contributed by atoms with Crippen LogP contribution in [0, 0.1) is 0 Å². The van der Waals surface area contributed by atoms with Crippen LogP contribution >= 0.6 is 22.9 Å². The molecule has 0 spiro atoms. The van der Waals surface area contributed by atoms with Gasteiger partial charge in [0.1, 0.15) is 5.75 Å². The Hall–Kier alpha value is -2.05. The van der Waals surface area contributed by atoms with Crippen LogP contribution in [-0.4, -0.2) is 36.4 Å². The summed E-state index contributed by atoms with van der Waals surface area (Å²) in [5, 5.41) is 0. The van der Waals surface area contributed by atoms with E-state index in [0.29, 0.717) is 25.3 Å². The van der Waals surface area contributed by atoms with Crippen molar-refractivity contribution in [1.29, 1.82) is 0 Å². The van der Waals surface area contributed by atoms with Gasteiger partial charge in [-0.25, -0.2) is 0 Å². The molecule has 0 atom stereocenters. The van der Waals surface area contributed by atoms with Crippen molar-refractivity contribution in [3.8, 4) is 5.75 Å². The lowest BCUT2D eigenvalue weighted by atomic mass is 10.3. The van der Waals surface area contributed by atoms with E-state index in [-0.39, 0.29) is 18.4 Å². The molecule has 5 nitrogen and oxygen atoms in total. The Bertz CT molecular complexity index is 775. The minimum absolute atomic E-state index is 0.0189. The first-order valence-electron chi connectivity index (χ1n) is 8.62. The zero-order valence-electron chi connectivity index (χ0n) is 14.6. The number of amides is 2. The van der Waals surface area contributed by atoms with Crippen LogP contribution in [0.2, 0.25) is 4.34 Å². The third-order valence-corrected chi connectivity index (χ3v) is 5.51. The number of benzene rings is 1. The third kappa shape index (κ3) is 4.56. The Morgan fingerprint density at radius 3 is 2.62 bits per heavy atom. The molecule has 1 fully saturated rings. The van der Waals surface area contributed by atoms with Crippen LogP contribution in [0.15, 0.2) is 36.4 Å². The van der Waals surface area contributed by atoms with Crippen molar-refractivity contribution >= 4 is 40.4 Å². The molecule has 2 amide bonds. The lowest BCUT2D eigenvalue weighted by Gasteiger charge is -2.20. The van der Waals surface area contributed by atoms with Gasteiger partial charge in [0.25, 0.3) is 5.91 Å². The summed E-state index contributed by atoms with van der Waals surface area (Å²) >= 11 is 7.42. The summed E-state index contributed by atoms with van der Waals surface area (Å²) in [6.07, 6.45) is 1.50. The SMILES string of the molecule is CCN(Cc1ccc(Cl)s1)C(=O)COc1ccc(N2CCCC2=O)cc1. The van der Waals surface area contributed by atoms with E-state index < -0.39 is 0 Å². The van der Waals surface area contributed by atoms with Crippen molar-refractivity contribution in [2.75, 3.05) is 24.6 Å². The second-order valence-corrected chi connectivity index (χ2v) is 7.84. The number of halogens is 1. The van der Waals surface area contributed by atoms with Crippen LogP contribution in [0.1, 0.15) is 24.6 Å². The highest BCUT2D eigenvalue weighted by molar-refractivity contribution is 7.16. The average Bonchev–Trinajstić information content (AvgIpc) is 3.26. The number of likely N-dealkylation sites (N-methyl/N-ethyl adjacent to an activating group) is 1. The number of carbonyl (C=O) groups excluding carboxylic acids is 2. The van der Waals surface area contributed by atoms with Gasteiger partial charge >= 0.3 is 0 Å². The molecule has 0 aliphatic carbocycles. The van der Waals surface area contributed by atoms with Gasteiger partial charge in [-0.3, -0.25) is 9.59 Å². The average molecular weight is 393 g/mol. The van der Waals surface area contributed by atoms with Gasteiger partial charge < -0.3 is 14.5 Å². The molecule has 2 heterocycles. The second kappa shape index (κ2) is 8.56. The lowest BCUT2D eigenvalue weighted by Crippen LogP contribution is -2.34. The van der Waals surface area contributed by atoms with Crippen molar-refractivity contribution in [2.24, 2.45) is 0 Å². The van der Waals surface area contributed by atoms with Gasteiger partial charge in [0, 0.05) is 30.1 Å². The van der Waals surface area contributed by atoms with Crippen molar-refractivity contribution in [3.05, 3.63) is 45.6 Å². The Balaban J connectivity index is 1.53. The molecule has 1 aliphatic rings. The van der Waals surface area contributed by atoms with Crippen molar-refractivity contribution in [3.63, 3.8) is 0 Å². The summed E-state index contributed by atoms with van der Waals surface area (Å²) < 4.78 is 6.34. The molecule has 7 heteroatoms. The number of anilines is 1. The fourth-order valence-corrected chi connectivity index (χ4v) is 3.98. The molecule has 1 aromatic carbocycles. The van der Waals surface area contributed by atoms with Crippen LogP contribution in [0.4, 0.5) is 5.69 Å². The number of hydrogen-bond donors (Lipinski definition) is 0. The number of rotatable bonds is 7. The summed E-state index contributed by atoms with van der Waals surface area (Å²) in [5.41, 5.74) is 0.871. The van der Waals surface area contributed by atoms with E-state index in [9.17, 15) is 9.59 Å². The van der Waals surface area contributed by atoms with Gasteiger partial charge in [-0.1, -0.05) is 11.6 Å². The first kappa shape index (κ1) is 18.7. The highest BCUT2D eigenvalue weighted by Gasteiger charge is 2.21. The molecule has 1 aromatic heterocycles. The normalized spacial score (nSPS) is 13.9. The largest absolute Gasteiger partial charge is 0.484 e. The van der Waals surface area contributed by atoms with Crippen LogP contribution in [0.5, 0.6) is 5.75 Å². The summed E-state index contributed by atoms with van der Waals surface area (Å²) in [6.45, 7) is 3.82. The topological polar surface area (TPSA) is 49.9 Å². The van der Waals surface area contributed by atoms with E-state index in [1.807, 2.05) is 31.2 Å². The van der Waals surface area contributed by atoms with Crippen LogP contribution < -0.4 is 9.64 Å². The molecule has 1 saturated heterocycles. The smallest absolute Gasteiger partial charge is 0.260 e. The minimum Gasteiger partial charge on any atom is -0.484 e. The molecule has 26 heavy (non-hydrogen) atoms. The van der Waals surface area contributed by atoms with E-state index in [4.69, 9.17) is 16.3 Å².